The van der Waals surface area contributed by atoms with Crippen LogP contribution in [0.2, 0.25) is 5.02 Å². The predicted octanol–water partition coefficient (Wildman–Crippen LogP) is 4.59. The Morgan fingerprint density at radius 2 is 1.67 bits per heavy atom. The molecule has 0 heterocycles. The number of rotatable bonds is 9. The van der Waals surface area contributed by atoms with Crippen LogP contribution >= 0.6 is 11.6 Å². The van der Waals surface area contributed by atoms with Crippen LogP contribution < -0.4 is 10.5 Å². The van der Waals surface area contributed by atoms with Gasteiger partial charge in [0.1, 0.15) is 18.2 Å². The summed E-state index contributed by atoms with van der Waals surface area (Å²) in [5.74, 6) is 0.189. The van der Waals surface area contributed by atoms with Crippen molar-refractivity contribution < 1.29 is 13.9 Å². The van der Waals surface area contributed by atoms with Gasteiger partial charge in [-0.1, -0.05) is 60.1 Å². The fourth-order valence-corrected chi connectivity index (χ4v) is 3.31. The van der Waals surface area contributed by atoms with Crippen molar-refractivity contribution >= 4 is 17.5 Å². The summed E-state index contributed by atoms with van der Waals surface area (Å²) in [6, 6.07) is 21.3. The average molecular weight is 427 g/mol. The number of benzene rings is 3. The van der Waals surface area contributed by atoms with Crippen molar-refractivity contribution in [2.45, 2.75) is 19.6 Å². The quantitative estimate of drug-likeness (QED) is 0.544. The zero-order valence-corrected chi connectivity index (χ0v) is 17.3. The maximum atomic E-state index is 13.1. The highest BCUT2D eigenvalue weighted by atomic mass is 35.5. The maximum Gasteiger partial charge on any atom is 0.227 e. The molecule has 0 saturated heterocycles. The molecule has 3 aromatic rings. The van der Waals surface area contributed by atoms with Gasteiger partial charge < -0.3 is 15.4 Å². The standard InChI is InChI=1S/C24H24ClFN2O2/c25-22-14-20(8-11-23(22)30-17-19-4-2-1-3-5-19)16-28(13-12-27)24(29)15-18-6-9-21(26)10-7-18/h1-11,14H,12-13,15-17,27H2. The Bertz CT molecular complexity index is 965. The zero-order valence-electron chi connectivity index (χ0n) is 16.6. The van der Waals surface area contributed by atoms with E-state index in [1.165, 1.54) is 12.1 Å². The fourth-order valence-electron chi connectivity index (χ4n) is 3.05. The Hall–Kier alpha value is -2.89. The molecule has 0 aliphatic heterocycles. The highest BCUT2D eigenvalue weighted by Crippen LogP contribution is 2.27. The highest BCUT2D eigenvalue weighted by molar-refractivity contribution is 6.32. The minimum Gasteiger partial charge on any atom is -0.487 e. The minimum absolute atomic E-state index is 0.0763. The van der Waals surface area contributed by atoms with Gasteiger partial charge in [-0.2, -0.15) is 0 Å². The molecule has 0 aliphatic carbocycles. The summed E-state index contributed by atoms with van der Waals surface area (Å²) in [6.45, 7) is 1.58. The van der Waals surface area contributed by atoms with Crippen LogP contribution in [-0.2, 0) is 24.4 Å². The molecule has 0 aromatic heterocycles. The number of hydrogen-bond acceptors (Lipinski definition) is 3. The molecule has 6 heteroatoms. The lowest BCUT2D eigenvalue weighted by molar-refractivity contribution is -0.131. The summed E-state index contributed by atoms with van der Waals surface area (Å²) in [6.07, 6.45) is 0.187. The van der Waals surface area contributed by atoms with Gasteiger partial charge in [0.15, 0.2) is 0 Å². The van der Waals surface area contributed by atoms with Crippen LogP contribution in [0.3, 0.4) is 0 Å². The molecule has 156 valence electrons. The van der Waals surface area contributed by atoms with Crippen molar-refractivity contribution in [3.8, 4) is 5.75 Å². The predicted molar refractivity (Wildman–Crippen MR) is 117 cm³/mol. The number of hydrogen-bond donors (Lipinski definition) is 1. The second-order valence-corrected chi connectivity index (χ2v) is 7.35. The van der Waals surface area contributed by atoms with Crippen molar-refractivity contribution in [3.63, 3.8) is 0 Å². The summed E-state index contributed by atoms with van der Waals surface area (Å²) in [5, 5.41) is 0.488. The molecule has 0 atom stereocenters. The monoisotopic (exact) mass is 426 g/mol. The number of carbonyl (C=O) groups is 1. The molecular formula is C24H24ClFN2O2. The maximum absolute atomic E-state index is 13.1. The molecule has 3 aromatic carbocycles. The number of amides is 1. The van der Waals surface area contributed by atoms with Gasteiger partial charge in [0.05, 0.1) is 11.4 Å². The number of ether oxygens (including phenoxy) is 1. The molecule has 0 bridgehead atoms. The second kappa shape index (κ2) is 10.8. The molecule has 0 fully saturated rings. The lowest BCUT2D eigenvalue weighted by atomic mass is 10.1. The van der Waals surface area contributed by atoms with Crippen molar-refractivity contribution in [1.82, 2.24) is 4.90 Å². The third-order valence-electron chi connectivity index (χ3n) is 4.63. The first kappa shape index (κ1) is 21.8. The van der Waals surface area contributed by atoms with Crippen LogP contribution in [0.4, 0.5) is 4.39 Å². The first-order valence-corrected chi connectivity index (χ1v) is 10.1. The van der Waals surface area contributed by atoms with Gasteiger partial charge in [-0.3, -0.25) is 4.79 Å². The first-order chi connectivity index (χ1) is 14.5. The van der Waals surface area contributed by atoms with Crippen molar-refractivity contribution in [3.05, 3.63) is 100 Å². The van der Waals surface area contributed by atoms with Gasteiger partial charge in [-0.05, 0) is 41.0 Å². The molecule has 30 heavy (non-hydrogen) atoms. The van der Waals surface area contributed by atoms with Crippen molar-refractivity contribution in [1.29, 1.82) is 0 Å². The van der Waals surface area contributed by atoms with E-state index in [4.69, 9.17) is 22.1 Å². The molecule has 2 N–H and O–H groups in total. The van der Waals surface area contributed by atoms with Crippen LogP contribution in [0.5, 0.6) is 5.75 Å². The minimum atomic E-state index is -0.325. The van der Waals surface area contributed by atoms with E-state index in [2.05, 4.69) is 0 Å². The van der Waals surface area contributed by atoms with E-state index in [1.54, 1.807) is 23.1 Å². The Labute approximate surface area is 181 Å². The topological polar surface area (TPSA) is 55.6 Å². The van der Waals surface area contributed by atoms with Gasteiger partial charge in [-0.15, -0.1) is 0 Å². The van der Waals surface area contributed by atoms with E-state index in [0.717, 1.165) is 16.7 Å². The normalized spacial score (nSPS) is 10.6. The molecule has 3 rings (SSSR count). The summed E-state index contributed by atoms with van der Waals surface area (Å²) < 4.78 is 18.9. The summed E-state index contributed by atoms with van der Waals surface area (Å²) >= 11 is 6.39. The molecule has 0 aliphatic rings. The molecule has 4 nitrogen and oxygen atoms in total. The Balaban J connectivity index is 1.63. The van der Waals surface area contributed by atoms with Crippen molar-refractivity contribution in [2.24, 2.45) is 5.73 Å². The fraction of sp³-hybridized carbons (Fsp3) is 0.208. The average Bonchev–Trinajstić information content (AvgIpc) is 2.75. The van der Waals surface area contributed by atoms with Crippen molar-refractivity contribution in [2.75, 3.05) is 13.1 Å². The Morgan fingerprint density at radius 3 is 2.33 bits per heavy atom. The lowest BCUT2D eigenvalue weighted by Crippen LogP contribution is -2.35. The SMILES string of the molecule is NCCN(Cc1ccc(OCc2ccccc2)c(Cl)c1)C(=O)Cc1ccc(F)cc1. The highest BCUT2D eigenvalue weighted by Gasteiger charge is 2.15. The molecular weight excluding hydrogens is 403 g/mol. The summed E-state index contributed by atoms with van der Waals surface area (Å²) in [7, 11) is 0. The number of halogens is 2. The first-order valence-electron chi connectivity index (χ1n) is 9.72. The van der Waals surface area contributed by atoms with Gasteiger partial charge in [0.25, 0.3) is 0 Å². The number of nitrogens with zero attached hydrogens (tertiary/aromatic N) is 1. The van der Waals surface area contributed by atoms with Crippen LogP contribution in [-0.4, -0.2) is 23.9 Å². The van der Waals surface area contributed by atoms with Crippen LogP contribution in [0.1, 0.15) is 16.7 Å². The van der Waals surface area contributed by atoms with Gasteiger partial charge in [-0.25, -0.2) is 4.39 Å². The molecule has 1 amide bonds. The van der Waals surface area contributed by atoms with E-state index in [1.807, 2.05) is 42.5 Å². The third kappa shape index (κ3) is 6.31. The summed E-state index contributed by atoms with van der Waals surface area (Å²) in [5.41, 5.74) is 8.39. The van der Waals surface area contributed by atoms with Gasteiger partial charge in [0, 0.05) is 19.6 Å². The summed E-state index contributed by atoms with van der Waals surface area (Å²) in [4.78, 5) is 14.4. The van der Waals surface area contributed by atoms with E-state index in [9.17, 15) is 9.18 Å². The molecule has 0 radical (unpaired) electrons. The second-order valence-electron chi connectivity index (χ2n) is 6.95. The third-order valence-corrected chi connectivity index (χ3v) is 4.92. The van der Waals surface area contributed by atoms with E-state index < -0.39 is 0 Å². The lowest BCUT2D eigenvalue weighted by Gasteiger charge is -2.23. The van der Waals surface area contributed by atoms with E-state index >= 15 is 0 Å². The van der Waals surface area contributed by atoms with Gasteiger partial charge >= 0.3 is 0 Å². The number of carbonyl (C=O) groups excluding carboxylic acids is 1. The molecule has 0 unspecified atom stereocenters. The Morgan fingerprint density at radius 1 is 0.967 bits per heavy atom. The molecule has 0 spiro atoms. The van der Waals surface area contributed by atoms with Crippen LogP contribution in [0.25, 0.3) is 0 Å². The zero-order chi connectivity index (χ0) is 21.3. The largest absolute Gasteiger partial charge is 0.487 e. The van der Waals surface area contributed by atoms with E-state index in [0.29, 0.717) is 37.0 Å². The smallest absolute Gasteiger partial charge is 0.227 e. The molecule has 0 saturated carbocycles. The van der Waals surface area contributed by atoms with Crippen LogP contribution in [0, 0.1) is 5.82 Å². The van der Waals surface area contributed by atoms with E-state index in [-0.39, 0.29) is 18.1 Å². The number of nitrogens with two attached hydrogens (primary N) is 1. The Kier molecular flexibility index (Phi) is 7.82. The van der Waals surface area contributed by atoms with Crippen LogP contribution in [0.15, 0.2) is 72.8 Å². The van der Waals surface area contributed by atoms with Gasteiger partial charge in [0.2, 0.25) is 5.91 Å².